The number of nitrogens with one attached hydrogen (secondary N) is 1. The molecule has 230 valence electrons. The van der Waals surface area contributed by atoms with E-state index in [0.717, 1.165) is 33.0 Å². The molecule has 0 radical (unpaired) electrons. The first-order chi connectivity index (χ1) is 21.1. The van der Waals surface area contributed by atoms with E-state index < -0.39 is 28.5 Å². The predicted molar refractivity (Wildman–Crippen MR) is 176 cm³/mol. The number of hydrogen-bond donors (Lipinski definition) is 1. The number of carbonyl (C=O) groups is 2. The van der Waals surface area contributed by atoms with Gasteiger partial charge in [-0.05, 0) is 78.9 Å². The first kappa shape index (κ1) is 32.8. The molecule has 0 saturated carbocycles. The number of hydrogen-bond acceptors (Lipinski definition) is 4. The Morgan fingerprint density at radius 1 is 0.818 bits per heavy atom. The van der Waals surface area contributed by atoms with Crippen LogP contribution in [0.1, 0.15) is 35.6 Å². The Balaban J connectivity index is 1.80. The van der Waals surface area contributed by atoms with Gasteiger partial charge < -0.3 is 10.2 Å². The van der Waals surface area contributed by atoms with Crippen molar-refractivity contribution in [2.75, 3.05) is 17.4 Å². The SMILES string of the molecule is CCCNC(=O)C(Cc1ccccc1)N(Cc1ccc(Cl)cc1)C(=O)CN(c1ccc(C)c(C)c1)S(=O)(=O)c1ccccc1. The van der Waals surface area contributed by atoms with E-state index in [1.54, 1.807) is 54.6 Å². The summed E-state index contributed by atoms with van der Waals surface area (Å²) in [5.41, 5.74) is 3.89. The van der Waals surface area contributed by atoms with Crippen LogP contribution in [0.15, 0.2) is 108 Å². The molecule has 4 aromatic rings. The lowest BCUT2D eigenvalue weighted by Crippen LogP contribution is -2.53. The van der Waals surface area contributed by atoms with Crippen molar-refractivity contribution in [1.82, 2.24) is 10.2 Å². The zero-order valence-corrected chi connectivity index (χ0v) is 26.8. The van der Waals surface area contributed by atoms with Gasteiger partial charge in [0.25, 0.3) is 10.0 Å². The van der Waals surface area contributed by atoms with Crippen molar-refractivity contribution in [2.45, 2.75) is 51.1 Å². The topological polar surface area (TPSA) is 86.8 Å². The summed E-state index contributed by atoms with van der Waals surface area (Å²) in [5.74, 6) is -0.813. The fourth-order valence-electron chi connectivity index (χ4n) is 4.84. The second kappa shape index (κ2) is 15.0. The fraction of sp³-hybridized carbons (Fsp3) is 0.257. The first-order valence-corrected chi connectivity index (χ1v) is 16.4. The lowest BCUT2D eigenvalue weighted by Gasteiger charge is -2.34. The highest BCUT2D eigenvalue weighted by atomic mass is 35.5. The third kappa shape index (κ3) is 8.27. The van der Waals surface area contributed by atoms with Gasteiger partial charge in [0.1, 0.15) is 12.6 Å². The van der Waals surface area contributed by atoms with Crippen molar-refractivity contribution in [1.29, 1.82) is 0 Å². The van der Waals surface area contributed by atoms with Crippen LogP contribution >= 0.6 is 11.6 Å². The Morgan fingerprint density at radius 3 is 2.07 bits per heavy atom. The van der Waals surface area contributed by atoms with Crippen LogP contribution < -0.4 is 9.62 Å². The van der Waals surface area contributed by atoms with Gasteiger partial charge in [-0.25, -0.2) is 8.42 Å². The third-order valence-electron chi connectivity index (χ3n) is 7.48. The van der Waals surface area contributed by atoms with Gasteiger partial charge >= 0.3 is 0 Å². The second-order valence-corrected chi connectivity index (χ2v) is 13.0. The average Bonchev–Trinajstić information content (AvgIpc) is 3.03. The van der Waals surface area contributed by atoms with E-state index in [0.29, 0.717) is 17.3 Å². The Labute approximate surface area is 265 Å². The van der Waals surface area contributed by atoms with Crippen molar-refractivity contribution >= 4 is 39.1 Å². The van der Waals surface area contributed by atoms with Gasteiger partial charge in [0.2, 0.25) is 11.8 Å². The molecule has 2 amide bonds. The molecule has 1 N–H and O–H groups in total. The summed E-state index contributed by atoms with van der Waals surface area (Å²) < 4.78 is 29.3. The molecule has 0 heterocycles. The number of carbonyl (C=O) groups excluding carboxylic acids is 2. The first-order valence-electron chi connectivity index (χ1n) is 14.6. The molecule has 0 fully saturated rings. The molecule has 0 aliphatic heterocycles. The third-order valence-corrected chi connectivity index (χ3v) is 9.52. The average molecular weight is 632 g/mol. The highest BCUT2D eigenvalue weighted by molar-refractivity contribution is 7.92. The van der Waals surface area contributed by atoms with Crippen LogP contribution in [0, 0.1) is 13.8 Å². The van der Waals surface area contributed by atoms with Crippen LogP contribution in [-0.4, -0.2) is 44.3 Å². The van der Waals surface area contributed by atoms with Gasteiger partial charge in [0.05, 0.1) is 10.6 Å². The summed E-state index contributed by atoms with van der Waals surface area (Å²) in [7, 11) is -4.14. The van der Waals surface area contributed by atoms with Gasteiger partial charge in [-0.1, -0.05) is 85.3 Å². The van der Waals surface area contributed by atoms with E-state index >= 15 is 0 Å². The van der Waals surface area contributed by atoms with Crippen LogP contribution in [0.3, 0.4) is 0 Å². The number of halogens is 1. The number of rotatable bonds is 13. The minimum absolute atomic E-state index is 0.0665. The number of benzene rings is 4. The van der Waals surface area contributed by atoms with Crippen molar-refractivity contribution < 1.29 is 18.0 Å². The maximum Gasteiger partial charge on any atom is 0.264 e. The lowest BCUT2D eigenvalue weighted by molar-refractivity contribution is -0.140. The molecule has 4 aromatic carbocycles. The summed E-state index contributed by atoms with van der Waals surface area (Å²) in [4.78, 5) is 29.7. The Hall–Kier alpha value is -4.14. The molecule has 7 nitrogen and oxygen atoms in total. The largest absolute Gasteiger partial charge is 0.354 e. The van der Waals surface area contributed by atoms with E-state index in [1.807, 2.05) is 57.2 Å². The van der Waals surface area contributed by atoms with Gasteiger partial charge in [-0.2, -0.15) is 0 Å². The predicted octanol–water partition coefficient (Wildman–Crippen LogP) is 6.32. The van der Waals surface area contributed by atoms with E-state index in [9.17, 15) is 18.0 Å². The van der Waals surface area contributed by atoms with Crippen molar-refractivity contribution in [3.05, 3.63) is 130 Å². The minimum Gasteiger partial charge on any atom is -0.354 e. The number of nitrogens with zero attached hydrogens (tertiary/aromatic N) is 2. The van der Waals surface area contributed by atoms with Crippen LogP contribution in [0.2, 0.25) is 5.02 Å². The number of anilines is 1. The lowest BCUT2D eigenvalue weighted by atomic mass is 10.0. The molecule has 0 aliphatic carbocycles. The van der Waals surface area contributed by atoms with Gasteiger partial charge in [-0.3, -0.25) is 13.9 Å². The molecule has 0 bridgehead atoms. The molecule has 44 heavy (non-hydrogen) atoms. The Bertz CT molecular complexity index is 1660. The smallest absolute Gasteiger partial charge is 0.264 e. The van der Waals surface area contributed by atoms with Gasteiger partial charge in [-0.15, -0.1) is 0 Å². The number of sulfonamides is 1. The van der Waals surface area contributed by atoms with Gasteiger partial charge in [0, 0.05) is 24.5 Å². The summed E-state index contributed by atoms with van der Waals surface area (Å²) in [6.45, 7) is 5.83. The second-order valence-electron chi connectivity index (χ2n) is 10.7. The number of amides is 2. The zero-order valence-electron chi connectivity index (χ0n) is 25.2. The highest BCUT2D eigenvalue weighted by Gasteiger charge is 2.34. The standard InChI is InChI=1S/C35H38ClN3O4S/c1-4-21-37-35(41)33(23-28-11-7-5-8-12-28)38(24-29-16-18-30(36)19-17-29)34(40)25-39(31-20-15-26(2)27(3)22-31)44(42,43)32-13-9-6-10-14-32/h5-20,22,33H,4,21,23-25H2,1-3H3,(H,37,41). The summed E-state index contributed by atoms with van der Waals surface area (Å²) in [6.07, 6.45) is 0.982. The summed E-state index contributed by atoms with van der Waals surface area (Å²) in [6, 6.07) is 29.0. The van der Waals surface area contributed by atoms with Crippen LogP contribution in [0.25, 0.3) is 0 Å². The van der Waals surface area contributed by atoms with Crippen LogP contribution in [0.4, 0.5) is 5.69 Å². The quantitative estimate of drug-likeness (QED) is 0.187. The molecule has 0 aromatic heterocycles. The van der Waals surface area contributed by atoms with Crippen molar-refractivity contribution in [3.8, 4) is 0 Å². The van der Waals surface area contributed by atoms with E-state index in [2.05, 4.69) is 5.32 Å². The number of aryl methyl sites for hydroxylation is 2. The normalized spacial score (nSPS) is 11.9. The van der Waals surface area contributed by atoms with Crippen LogP contribution in [-0.2, 0) is 32.6 Å². The molecule has 9 heteroatoms. The van der Waals surface area contributed by atoms with E-state index in [1.165, 1.54) is 17.0 Å². The maximum atomic E-state index is 14.5. The zero-order chi connectivity index (χ0) is 31.7. The molecule has 4 rings (SSSR count). The molecule has 1 atom stereocenters. The highest BCUT2D eigenvalue weighted by Crippen LogP contribution is 2.27. The fourth-order valence-corrected chi connectivity index (χ4v) is 6.39. The monoisotopic (exact) mass is 631 g/mol. The van der Waals surface area contributed by atoms with E-state index in [4.69, 9.17) is 11.6 Å². The van der Waals surface area contributed by atoms with Crippen LogP contribution in [0.5, 0.6) is 0 Å². The van der Waals surface area contributed by atoms with Gasteiger partial charge in [0.15, 0.2) is 0 Å². The molecular weight excluding hydrogens is 594 g/mol. The molecular formula is C35H38ClN3O4S. The summed E-state index contributed by atoms with van der Waals surface area (Å²) >= 11 is 6.14. The summed E-state index contributed by atoms with van der Waals surface area (Å²) in [5, 5.41) is 3.50. The van der Waals surface area contributed by atoms with Crippen molar-refractivity contribution in [3.63, 3.8) is 0 Å². The van der Waals surface area contributed by atoms with Crippen molar-refractivity contribution in [2.24, 2.45) is 0 Å². The Kier molecular flexibility index (Phi) is 11.2. The molecule has 1 unspecified atom stereocenters. The maximum absolute atomic E-state index is 14.5. The van der Waals surface area contributed by atoms with E-state index in [-0.39, 0.29) is 23.8 Å². The molecule has 0 aliphatic rings. The Morgan fingerprint density at radius 2 is 1.45 bits per heavy atom. The molecule has 0 saturated heterocycles. The minimum atomic E-state index is -4.14. The molecule has 0 spiro atoms.